The Kier molecular flexibility index (Phi) is 13.8. The van der Waals surface area contributed by atoms with Crippen LogP contribution in [-0.2, 0) is 0 Å². The average molecular weight is 449 g/mol. The van der Waals surface area contributed by atoms with Gasteiger partial charge in [0.2, 0.25) is 0 Å². The molecule has 4 N–H and O–H groups in total. The van der Waals surface area contributed by atoms with Crippen LogP contribution in [0.25, 0.3) is 0 Å². The normalized spacial score (nSPS) is 10.1. The molecule has 0 unspecified atom stereocenters. The second-order valence-electron chi connectivity index (χ2n) is 6.98. The van der Waals surface area contributed by atoms with Gasteiger partial charge in [0.1, 0.15) is 11.4 Å². The molecule has 0 aliphatic carbocycles. The first-order valence-corrected chi connectivity index (χ1v) is 10.7. The lowest BCUT2D eigenvalue weighted by molar-refractivity contribution is -0.393. The van der Waals surface area contributed by atoms with Gasteiger partial charge in [0.05, 0.1) is 15.9 Å². The molecule has 0 saturated carbocycles. The second kappa shape index (κ2) is 16.5. The summed E-state index contributed by atoms with van der Waals surface area (Å²) >= 11 is 0. The molecule has 10 nitrogen and oxygen atoms in total. The number of nitrogens with zero attached hydrogens (tertiary/aromatic N) is 2. The van der Waals surface area contributed by atoms with Crippen molar-refractivity contribution in [1.29, 1.82) is 0 Å². The standard InChI is InChI=1S/C16H26N4O6.C6H6/c21-9-5-1-3-7-17-13-11-14(18-8-4-2-6-10-22)16(20(25)26)12-15(13)19(23)24;1-2-4-6-5-3-1/h11-12,17-18,21-22H,1-10H2;1-6H. The monoisotopic (exact) mass is 448 g/mol. The molecule has 2 aromatic rings. The van der Waals surface area contributed by atoms with Crippen molar-refractivity contribution in [3.63, 3.8) is 0 Å². The minimum absolute atomic E-state index is 0.0992. The SMILES string of the molecule is O=[N+]([O-])c1cc([N+](=O)[O-])c(NCCCCCO)cc1NCCCCCO.c1ccccc1. The van der Waals surface area contributed by atoms with E-state index < -0.39 is 9.85 Å². The fourth-order valence-electron chi connectivity index (χ4n) is 2.82. The molecule has 2 aromatic carbocycles. The summed E-state index contributed by atoms with van der Waals surface area (Å²) in [4.78, 5) is 21.2. The van der Waals surface area contributed by atoms with Gasteiger partial charge in [-0.15, -0.1) is 0 Å². The molecule has 0 saturated heterocycles. The number of nitro benzene ring substituents is 2. The molecule has 0 radical (unpaired) electrons. The van der Waals surface area contributed by atoms with Crippen LogP contribution >= 0.6 is 0 Å². The number of aliphatic hydroxyl groups excluding tert-OH is 2. The molecule has 0 aliphatic rings. The maximum absolute atomic E-state index is 11.2. The number of nitro groups is 2. The zero-order valence-corrected chi connectivity index (χ0v) is 18.1. The van der Waals surface area contributed by atoms with Crippen molar-refractivity contribution >= 4 is 22.7 Å². The fourth-order valence-corrected chi connectivity index (χ4v) is 2.82. The Bertz CT molecular complexity index is 731. The lowest BCUT2D eigenvalue weighted by atomic mass is 10.1. The number of hydrogen-bond donors (Lipinski definition) is 4. The summed E-state index contributed by atoms with van der Waals surface area (Å²) in [6.07, 6.45) is 4.31. The lowest BCUT2D eigenvalue weighted by Gasteiger charge is -2.11. The van der Waals surface area contributed by atoms with E-state index in [0.29, 0.717) is 25.9 Å². The maximum atomic E-state index is 11.2. The minimum atomic E-state index is -0.645. The fraction of sp³-hybridized carbons (Fsp3) is 0.455. The van der Waals surface area contributed by atoms with E-state index >= 15 is 0 Å². The summed E-state index contributed by atoms with van der Waals surface area (Å²) in [7, 11) is 0. The van der Waals surface area contributed by atoms with Gasteiger partial charge in [-0.05, 0) is 44.6 Å². The summed E-state index contributed by atoms with van der Waals surface area (Å²) in [5, 5.41) is 45.9. The van der Waals surface area contributed by atoms with Crippen LogP contribution in [0.4, 0.5) is 22.7 Å². The summed E-state index contributed by atoms with van der Waals surface area (Å²) in [5.74, 6) is 0. The van der Waals surface area contributed by atoms with Crippen LogP contribution in [-0.4, -0.2) is 46.4 Å². The van der Waals surface area contributed by atoms with Crippen molar-refractivity contribution in [3.8, 4) is 0 Å². The molecule has 0 bridgehead atoms. The highest BCUT2D eigenvalue weighted by Gasteiger charge is 2.24. The smallest absolute Gasteiger partial charge is 0.299 e. The van der Waals surface area contributed by atoms with Crippen molar-refractivity contribution in [2.45, 2.75) is 38.5 Å². The van der Waals surface area contributed by atoms with Crippen LogP contribution in [0.3, 0.4) is 0 Å². The van der Waals surface area contributed by atoms with Crippen molar-refractivity contribution in [2.24, 2.45) is 0 Å². The summed E-state index contributed by atoms with van der Waals surface area (Å²) < 4.78 is 0. The van der Waals surface area contributed by atoms with Gasteiger partial charge in [-0.25, -0.2) is 0 Å². The van der Waals surface area contributed by atoms with E-state index in [2.05, 4.69) is 10.6 Å². The van der Waals surface area contributed by atoms with Gasteiger partial charge in [0, 0.05) is 26.3 Å². The van der Waals surface area contributed by atoms with Gasteiger partial charge in [0.15, 0.2) is 0 Å². The Morgan fingerprint density at radius 1 is 0.625 bits per heavy atom. The second-order valence-corrected chi connectivity index (χ2v) is 6.98. The molecule has 32 heavy (non-hydrogen) atoms. The third kappa shape index (κ3) is 10.7. The molecule has 2 rings (SSSR count). The molecule has 0 atom stereocenters. The van der Waals surface area contributed by atoms with Crippen LogP contribution in [0.15, 0.2) is 48.5 Å². The highest BCUT2D eigenvalue weighted by Crippen LogP contribution is 2.36. The van der Waals surface area contributed by atoms with Gasteiger partial charge in [-0.2, -0.15) is 0 Å². The molecular formula is C22H32N4O6. The summed E-state index contributed by atoms with van der Waals surface area (Å²) in [5.41, 5.74) is -0.237. The Morgan fingerprint density at radius 3 is 1.31 bits per heavy atom. The molecule has 0 heterocycles. The molecule has 10 heteroatoms. The number of benzene rings is 2. The Morgan fingerprint density at radius 2 is 1.00 bits per heavy atom. The van der Waals surface area contributed by atoms with Crippen LogP contribution in [0, 0.1) is 20.2 Å². The number of hydrogen-bond acceptors (Lipinski definition) is 8. The largest absolute Gasteiger partial charge is 0.396 e. The predicted molar refractivity (Wildman–Crippen MR) is 125 cm³/mol. The maximum Gasteiger partial charge on any atom is 0.299 e. The predicted octanol–water partition coefficient (Wildman–Crippen LogP) is 4.34. The van der Waals surface area contributed by atoms with E-state index in [1.807, 2.05) is 36.4 Å². The van der Waals surface area contributed by atoms with Crippen molar-refractivity contribution in [2.75, 3.05) is 36.9 Å². The minimum Gasteiger partial charge on any atom is -0.396 e. The van der Waals surface area contributed by atoms with Crippen LogP contribution in [0.2, 0.25) is 0 Å². The quantitative estimate of drug-likeness (QED) is 0.189. The number of unbranched alkanes of at least 4 members (excludes halogenated alkanes) is 4. The van der Waals surface area contributed by atoms with E-state index in [9.17, 15) is 20.2 Å². The molecule has 0 spiro atoms. The molecule has 0 aliphatic heterocycles. The Labute approximate surface area is 187 Å². The van der Waals surface area contributed by atoms with E-state index in [-0.39, 0.29) is 36.0 Å². The lowest BCUT2D eigenvalue weighted by Crippen LogP contribution is -2.09. The van der Waals surface area contributed by atoms with Gasteiger partial charge in [0.25, 0.3) is 11.4 Å². The summed E-state index contributed by atoms with van der Waals surface area (Å²) in [6, 6.07) is 14.4. The van der Waals surface area contributed by atoms with E-state index in [4.69, 9.17) is 10.2 Å². The third-order valence-electron chi connectivity index (χ3n) is 4.47. The van der Waals surface area contributed by atoms with E-state index in [0.717, 1.165) is 31.7 Å². The number of nitrogens with one attached hydrogen (secondary N) is 2. The number of anilines is 2. The molecule has 0 fully saturated rings. The first-order valence-electron chi connectivity index (χ1n) is 10.7. The van der Waals surface area contributed by atoms with Crippen molar-refractivity contribution < 1.29 is 20.1 Å². The molecule has 0 amide bonds. The first-order chi connectivity index (χ1) is 15.5. The average Bonchev–Trinajstić information content (AvgIpc) is 2.80. The third-order valence-corrected chi connectivity index (χ3v) is 4.47. The Balaban J connectivity index is 0.000000730. The van der Waals surface area contributed by atoms with Crippen LogP contribution < -0.4 is 10.6 Å². The number of rotatable bonds is 14. The van der Waals surface area contributed by atoms with Gasteiger partial charge in [-0.1, -0.05) is 36.4 Å². The van der Waals surface area contributed by atoms with E-state index in [1.165, 1.54) is 6.07 Å². The first kappa shape index (κ1) is 26.8. The number of aliphatic hydroxyl groups is 2. The molecule has 0 aromatic heterocycles. The van der Waals surface area contributed by atoms with Crippen LogP contribution in [0.1, 0.15) is 38.5 Å². The van der Waals surface area contributed by atoms with Crippen molar-refractivity contribution in [1.82, 2.24) is 0 Å². The van der Waals surface area contributed by atoms with Gasteiger partial charge >= 0.3 is 0 Å². The van der Waals surface area contributed by atoms with Crippen LogP contribution in [0.5, 0.6) is 0 Å². The zero-order valence-electron chi connectivity index (χ0n) is 18.1. The zero-order chi connectivity index (χ0) is 23.6. The summed E-state index contributed by atoms with van der Waals surface area (Å²) in [6.45, 7) is 1.13. The van der Waals surface area contributed by atoms with Gasteiger partial charge < -0.3 is 20.8 Å². The highest BCUT2D eigenvalue weighted by molar-refractivity contribution is 5.76. The Hall–Kier alpha value is -3.24. The topological polar surface area (TPSA) is 151 Å². The van der Waals surface area contributed by atoms with Crippen molar-refractivity contribution in [3.05, 3.63) is 68.8 Å². The van der Waals surface area contributed by atoms with E-state index in [1.54, 1.807) is 0 Å². The van der Waals surface area contributed by atoms with Gasteiger partial charge in [-0.3, -0.25) is 20.2 Å². The highest BCUT2D eigenvalue weighted by atomic mass is 16.6. The molecular weight excluding hydrogens is 416 g/mol. The molecule has 176 valence electrons.